The zero-order valence-corrected chi connectivity index (χ0v) is 12.8. The van der Waals surface area contributed by atoms with Gasteiger partial charge in [-0.15, -0.1) is 0 Å². The highest BCUT2D eigenvalue weighted by molar-refractivity contribution is 5.79. The van der Waals surface area contributed by atoms with Gasteiger partial charge in [-0.2, -0.15) is 18.3 Å². The van der Waals surface area contributed by atoms with Gasteiger partial charge in [-0.1, -0.05) is 36.4 Å². The molecular weight excluding hydrogens is 331 g/mol. The molecule has 0 saturated heterocycles. The van der Waals surface area contributed by atoms with Gasteiger partial charge in [-0.05, 0) is 6.07 Å². The van der Waals surface area contributed by atoms with E-state index in [1.54, 1.807) is 54.9 Å². The summed E-state index contributed by atoms with van der Waals surface area (Å²) in [5.41, 5.74) is 2.64. The van der Waals surface area contributed by atoms with Crippen LogP contribution in [0.3, 0.4) is 0 Å². The first-order valence-corrected chi connectivity index (χ1v) is 7.23. The van der Waals surface area contributed by atoms with Crippen molar-refractivity contribution in [1.82, 2.24) is 15.0 Å². The Balaban J connectivity index is 1.91. The van der Waals surface area contributed by atoms with Crippen molar-refractivity contribution in [1.29, 1.82) is 0 Å². The fraction of sp³-hybridized carbons (Fsp3) is 0.0588. The van der Waals surface area contributed by atoms with Gasteiger partial charge in [0.15, 0.2) is 17.3 Å². The number of halogens is 3. The van der Waals surface area contributed by atoms with Crippen molar-refractivity contribution >= 4 is 12.0 Å². The minimum absolute atomic E-state index is 0.0329. The lowest BCUT2D eigenvalue weighted by Crippen LogP contribution is -2.11. The first-order chi connectivity index (χ1) is 12.0. The van der Waals surface area contributed by atoms with E-state index in [1.807, 2.05) is 0 Å². The van der Waals surface area contributed by atoms with Crippen LogP contribution in [0.2, 0.25) is 0 Å². The van der Waals surface area contributed by atoms with Crippen LogP contribution in [-0.4, -0.2) is 21.2 Å². The van der Waals surface area contributed by atoms with Crippen LogP contribution in [0.4, 0.5) is 19.0 Å². The Bertz CT molecular complexity index is 864. The molecule has 126 valence electrons. The molecule has 2 aromatic heterocycles. The molecule has 5 nitrogen and oxygen atoms in total. The highest BCUT2D eigenvalue weighted by atomic mass is 19.4. The van der Waals surface area contributed by atoms with Gasteiger partial charge in [-0.3, -0.25) is 10.4 Å². The summed E-state index contributed by atoms with van der Waals surface area (Å²) >= 11 is 0. The molecule has 3 aromatic rings. The number of nitrogens with one attached hydrogen (secondary N) is 1. The smallest absolute Gasteiger partial charge is 0.264 e. The van der Waals surface area contributed by atoms with Crippen LogP contribution < -0.4 is 5.43 Å². The molecule has 8 heteroatoms. The molecule has 1 N–H and O–H groups in total. The monoisotopic (exact) mass is 343 g/mol. The summed E-state index contributed by atoms with van der Waals surface area (Å²) in [6.45, 7) is 0. The van der Waals surface area contributed by atoms with Gasteiger partial charge in [0.1, 0.15) is 0 Å². The van der Waals surface area contributed by atoms with E-state index in [2.05, 4.69) is 25.5 Å². The van der Waals surface area contributed by atoms with Crippen molar-refractivity contribution < 1.29 is 13.2 Å². The molecule has 0 atom stereocenters. The number of rotatable bonds is 4. The number of hydrogen-bond acceptors (Lipinski definition) is 5. The predicted octanol–water partition coefficient (Wildman–Crippen LogP) is 4.00. The maximum atomic E-state index is 13.1. The number of hydrogen-bond donors (Lipinski definition) is 1. The lowest BCUT2D eigenvalue weighted by atomic mass is 10.2. The first-order valence-electron chi connectivity index (χ1n) is 7.23. The summed E-state index contributed by atoms with van der Waals surface area (Å²) in [6.07, 6.45) is 0.0269. The fourth-order valence-electron chi connectivity index (χ4n) is 1.99. The first kappa shape index (κ1) is 16.6. The maximum Gasteiger partial charge on any atom is 0.433 e. The van der Waals surface area contributed by atoms with Crippen LogP contribution in [0.1, 0.15) is 11.3 Å². The van der Waals surface area contributed by atoms with Gasteiger partial charge in [0.2, 0.25) is 0 Å². The quantitative estimate of drug-likeness (QED) is 0.574. The van der Waals surface area contributed by atoms with Gasteiger partial charge >= 0.3 is 6.18 Å². The normalized spacial score (nSPS) is 11.6. The number of hydrazone groups is 1. The van der Waals surface area contributed by atoms with E-state index < -0.39 is 11.9 Å². The number of nitrogens with zero attached hydrogens (tertiary/aromatic N) is 4. The van der Waals surface area contributed by atoms with Crippen molar-refractivity contribution in [3.63, 3.8) is 0 Å². The number of alkyl halides is 3. The zero-order chi connectivity index (χ0) is 17.7. The van der Waals surface area contributed by atoms with E-state index in [0.29, 0.717) is 11.1 Å². The third-order valence-electron chi connectivity index (χ3n) is 3.13. The molecule has 0 spiro atoms. The Morgan fingerprint density at radius 2 is 1.80 bits per heavy atom. The summed E-state index contributed by atoms with van der Waals surface area (Å²) < 4.78 is 39.3. The molecule has 0 aliphatic carbocycles. The molecule has 0 aliphatic heterocycles. The van der Waals surface area contributed by atoms with Crippen LogP contribution in [0.25, 0.3) is 11.4 Å². The Morgan fingerprint density at radius 3 is 2.48 bits per heavy atom. The molecule has 0 bridgehead atoms. The van der Waals surface area contributed by atoms with Gasteiger partial charge < -0.3 is 0 Å². The Labute approximate surface area is 141 Å². The summed E-state index contributed by atoms with van der Waals surface area (Å²) in [5, 5.41) is 3.90. The molecule has 25 heavy (non-hydrogen) atoms. The van der Waals surface area contributed by atoms with E-state index in [9.17, 15) is 13.2 Å². The third kappa shape index (κ3) is 4.37. The highest BCUT2D eigenvalue weighted by Crippen LogP contribution is 2.30. The van der Waals surface area contributed by atoms with Gasteiger partial charge in [0.25, 0.3) is 0 Å². The molecule has 0 fully saturated rings. The van der Waals surface area contributed by atoms with E-state index in [1.165, 1.54) is 6.21 Å². The standard InChI is InChI=1S/C17H12F3N5/c18-17(19,20)14-9-15(25-22-11-12-5-4-8-21-10-12)24-16(23-14)13-6-2-1-3-7-13/h1-11H,(H,23,24,25). The van der Waals surface area contributed by atoms with Gasteiger partial charge in [-0.25, -0.2) is 9.97 Å². The molecule has 0 unspecified atom stereocenters. The topological polar surface area (TPSA) is 63.1 Å². The second kappa shape index (κ2) is 7.08. The average Bonchev–Trinajstić information content (AvgIpc) is 2.62. The van der Waals surface area contributed by atoms with Crippen LogP contribution in [-0.2, 0) is 6.18 Å². The summed E-state index contributed by atoms with van der Waals surface area (Å²) in [6, 6.07) is 12.7. The van der Waals surface area contributed by atoms with Crippen molar-refractivity contribution in [2.45, 2.75) is 6.18 Å². The summed E-state index contributed by atoms with van der Waals surface area (Å²) in [7, 11) is 0. The summed E-state index contributed by atoms with van der Waals surface area (Å²) in [4.78, 5) is 11.6. The Hall–Kier alpha value is -3.29. The van der Waals surface area contributed by atoms with Crippen LogP contribution >= 0.6 is 0 Å². The molecule has 0 saturated carbocycles. The lowest BCUT2D eigenvalue weighted by molar-refractivity contribution is -0.141. The largest absolute Gasteiger partial charge is 0.433 e. The fourth-order valence-corrected chi connectivity index (χ4v) is 1.99. The predicted molar refractivity (Wildman–Crippen MR) is 87.9 cm³/mol. The molecule has 1 aromatic carbocycles. The second-order valence-corrected chi connectivity index (χ2v) is 4.98. The molecule has 0 amide bonds. The van der Waals surface area contributed by atoms with E-state index in [-0.39, 0.29) is 11.6 Å². The van der Waals surface area contributed by atoms with Crippen LogP contribution in [0.5, 0.6) is 0 Å². The number of aromatic nitrogens is 3. The average molecular weight is 343 g/mol. The van der Waals surface area contributed by atoms with Crippen molar-refractivity contribution in [2.24, 2.45) is 5.10 Å². The second-order valence-electron chi connectivity index (χ2n) is 4.98. The number of anilines is 1. The SMILES string of the molecule is FC(F)(F)c1cc(NN=Cc2cccnc2)nc(-c2ccccc2)n1. The van der Waals surface area contributed by atoms with Gasteiger partial charge in [0.05, 0.1) is 6.21 Å². The summed E-state index contributed by atoms with van der Waals surface area (Å²) in [5.74, 6) is -0.0872. The number of benzene rings is 1. The molecule has 0 aliphatic rings. The van der Waals surface area contributed by atoms with E-state index in [0.717, 1.165) is 6.07 Å². The van der Waals surface area contributed by atoms with E-state index >= 15 is 0 Å². The van der Waals surface area contributed by atoms with E-state index in [4.69, 9.17) is 0 Å². The third-order valence-corrected chi connectivity index (χ3v) is 3.13. The molecule has 0 radical (unpaired) electrons. The van der Waals surface area contributed by atoms with Gasteiger partial charge in [0, 0.05) is 29.6 Å². The minimum atomic E-state index is -4.59. The lowest BCUT2D eigenvalue weighted by Gasteiger charge is -2.10. The number of pyridine rings is 1. The Morgan fingerprint density at radius 1 is 1.00 bits per heavy atom. The minimum Gasteiger partial charge on any atom is -0.264 e. The highest BCUT2D eigenvalue weighted by Gasteiger charge is 2.33. The molecule has 2 heterocycles. The zero-order valence-electron chi connectivity index (χ0n) is 12.8. The van der Waals surface area contributed by atoms with Crippen LogP contribution in [0, 0.1) is 0 Å². The molecule has 3 rings (SSSR count). The van der Waals surface area contributed by atoms with Crippen molar-refractivity contribution in [2.75, 3.05) is 5.43 Å². The van der Waals surface area contributed by atoms with Crippen LogP contribution in [0.15, 0.2) is 66.0 Å². The molecular formula is C17H12F3N5. The van der Waals surface area contributed by atoms with Crippen molar-refractivity contribution in [3.05, 3.63) is 72.2 Å². The Kier molecular flexibility index (Phi) is 4.69. The van der Waals surface area contributed by atoms with Crippen molar-refractivity contribution in [3.8, 4) is 11.4 Å². The maximum absolute atomic E-state index is 13.1.